The van der Waals surface area contributed by atoms with Crippen LogP contribution >= 0.6 is 24.0 Å². The summed E-state index contributed by atoms with van der Waals surface area (Å²) in [5, 5.41) is 6.39. The fraction of sp³-hybridized carbons (Fsp3) is 0.222. The smallest absolute Gasteiger partial charge is 0.258 e. The Morgan fingerprint density at radius 2 is 1.51 bits per heavy atom. The largest absolute Gasteiger partial charge is 0.341 e. The van der Waals surface area contributed by atoms with Crippen LogP contribution in [0.5, 0.6) is 0 Å². The molecule has 6 nitrogen and oxygen atoms in total. The molecule has 4 aromatic rings. The maximum Gasteiger partial charge on any atom is 0.258 e. The highest BCUT2D eigenvalue weighted by molar-refractivity contribution is 6.31. The Labute approximate surface area is 215 Å². The molecule has 0 atom stereocenters. The SMILES string of the molecule is Cc1ccc(NC(=O)c2cc(NC(=O)c3ccccc3C)cc3[nH]c(C(C)(C)C)nc23)cc1Cl.Cl. The van der Waals surface area contributed by atoms with E-state index in [1.54, 1.807) is 30.3 Å². The number of rotatable bonds is 4. The van der Waals surface area contributed by atoms with Gasteiger partial charge in [-0.1, -0.05) is 56.6 Å². The van der Waals surface area contributed by atoms with Crippen molar-refractivity contribution in [3.63, 3.8) is 0 Å². The van der Waals surface area contributed by atoms with E-state index in [1.807, 2.05) is 58.9 Å². The highest BCUT2D eigenvalue weighted by Crippen LogP contribution is 2.29. The van der Waals surface area contributed by atoms with Crippen molar-refractivity contribution in [3.05, 3.63) is 87.7 Å². The maximum atomic E-state index is 13.3. The van der Waals surface area contributed by atoms with Crippen molar-refractivity contribution in [3.8, 4) is 0 Å². The van der Waals surface area contributed by atoms with Gasteiger partial charge < -0.3 is 15.6 Å². The first-order chi connectivity index (χ1) is 16.0. The summed E-state index contributed by atoms with van der Waals surface area (Å²) in [5.74, 6) is 0.158. The molecule has 3 N–H and O–H groups in total. The van der Waals surface area contributed by atoms with Gasteiger partial charge in [0.2, 0.25) is 0 Å². The minimum atomic E-state index is -0.344. The molecule has 0 fully saturated rings. The molecule has 8 heteroatoms. The summed E-state index contributed by atoms with van der Waals surface area (Å²) in [6, 6.07) is 16.2. The number of nitrogens with one attached hydrogen (secondary N) is 3. The number of carbonyl (C=O) groups excluding carboxylic acids is 2. The number of fused-ring (bicyclic) bond motifs is 1. The average molecular weight is 511 g/mol. The fourth-order valence-electron chi connectivity index (χ4n) is 3.61. The zero-order valence-corrected chi connectivity index (χ0v) is 21.8. The lowest BCUT2D eigenvalue weighted by molar-refractivity contribution is 0.101. The van der Waals surface area contributed by atoms with Crippen molar-refractivity contribution in [2.75, 3.05) is 10.6 Å². The third kappa shape index (κ3) is 5.66. The van der Waals surface area contributed by atoms with Crippen LogP contribution in [0, 0.1) is 13.8 Å². The highest BCUT2D eigenvalue weighted by atomic mass is 35.5. The Kier molecular flexibility index (Phi) is 7.58. The molecule has 1 heterocycles. The minimum absolute atomic E-state index is 0. The molecule has 35 heavy (non-hydrogen) atoms. The molecular weight excluding hydrogens is 483 g/mol. The first-order valence-electron chi connectivity index (χ1n) is 11.0. The molecule has 0 aliphatic rings. The van der Waals surface area contributed by atoms with Gasteiger partial charge in [0, 0.05) is 27.4 Å². The Balaban J connectivity index is 0.00000342. The monoisotopic (exact) mass is 510 g/mol. The Hall–Kier alpha value is -3.35. The number of halogens is 2. The number of anilines is 2. The number of hydrogen-bond acceptors (Lipinski definition) is 3. The van der Waals surface area contributed by atoms with E-state index in [2.05, 4.69) is 15.6 Å². The van der Waals surface area contributed by atoms with E-state index in [0.29, 0.717) is 38.6 Å². The molecule has 182 valence electrons. The van der Waals surface area contributed by atoms with Gasteiger partial charge in [-0.2, -0.15) is 0 Å². The third-order valence-corrected chi connectivity index (χ3v) is 6.03. The second-order valence-electron chi connectivity index (χ2n) is 9.44. The van der Waals surface area contributed by atoms with Crippen LogP contribution in [0.25, 0.3) is 11.0 Å². The number of carbonyl (C=O) groups is 2. The number of imidazole rings is 1. The van der Waals surface area contributed by atoms with Crippen LogP contribution in [0.3, 0.4) is 0 Å². The van der Waals surface area contributed by atoms with E-state index in [0.717, 1.165) is 17.0 Å². The molecule has 0 aliphatic carbocycles. The molecule has 1 aromatic heterocycles. The number of aromatic nitrogens is 2. The average Bonchev–Trinajstić information content (AvgIpc) is 3.21. The van der Waals surface area contributed by atoms with Crippen LogP contribution in [0.1, 0.15) is 58.4 Å². The highest BCUT2D eigenvalue weighted by Gasteiger charge is 2.23. The number of amides is 2. The molecular formula is C27H28Cl2N4O2. The Morgan fingerprint density at radius 3 is 2.17 bits per heavy atom. The summed E-state index contributed by atoms with van der Waals surface area (Å²) < 4.78 is 0. The molecule has 0 spiro atoms. The molecule has 4 rings (SSSR count). The van der Waals surface area contributed by atoms with Crippen molar-refractivity contribution in [1.82, 2.24) is 9.97 Å². The fourth-order valence-corrected chi connectivity index (χ4v) is 3.79. The van der Waals surface area contributed by atoms with Gasteiger partial charge in [0.05, 0.1) is 11.1 Å². The van der Waals surface area contributed by atoms with Gasteiger partial charge in [-0.15, -0.1) is 12.4 Å². The van der Waals surface area contributed by atoms with Crippen LogP contribution in [0.4, 0.5) is 11.4 Å². The van der Waals surface area contributed by atoms with E-state index >= 15 is 0 Å². The number of hydrogen-bond donors (Lipinski definition) is 3. The number of aromatic amines is 1. The molecule has 0 saturated heterocycles. The molecule has 2 amide bonds. The van der Waals surface area contributed by atoms with Crippen molar-refractivity contribution in [1.29, 1.82) is 0 Å². The van der Waals surface area contributed by atoms with Crippen LogP contribution in [-0.2, 0) is 5.41 Å². The Morgan fingerprint density at radius 1 is 0.857 bits per heavy atom. The third-order valence-electron chi connectivity index (χ3n) is 5.62. The number of H-pyrrole nitrogens is 1. The summed E-state index contributed by atoms with van der Waals surface area (Å²) in [6.45, 7) is 9.91. The summed E-state index contributed by atoms with van der Waals surface area (Å²) in [7, 11) is 0. The van der Waals surface area contributed by atoms with Crippen LogP contribution in [-0.4, -0.2) is 21.8 Å². The van der Waals surface area contributed by atoms with Gasteiger partial charge in [0.1, 0.15) is 11.3 Å². The van der Waals surface area contributed by atoms with Crippen molar-refractivity contribution >= 4 is 58.2 Å². The number of benzene rings is 3. The van der Waals surface area contributed by atoms with E-state index in [-0.39, 0.29) is 29.6 Å². The molecule has 0 unspecified atom stereocenters. The van der Waals surface area contributed by atoms with E-state index < -0.39 is 0 Å². The molecule has 3 aromatic carbocycles. The number of nitrogens with zero attached hydrogens (tertiary/aromatic N) is 1. The molecule has 0 saturated carbocycles. The van der Waals surface area contributed by atoms with Gasteiger partial charge in [0.25, 0.3) is 11.8 Å². The lowest BCUT2D eigenvalue weighted by Crippen LogP contribution is -2.16. The van der Waals surface area contributed by atoms with Gasteiger partial charge in [0.15, 0.2) is 0 Å². The predicted octanol–water partition coefficient (Wildman–Crippen LogP) is 7.06. The van der Waals surface area contributed by atoms with Crippen molar-refractivity contribution in [2.24, 2.45) is 0 Å². The van der Waals surface area contributed by atoms with Crippen LogP contribution in [0.2, 0.25) is 5.02 Å². The van der Waals surface area contributed by atoms with Gasteiger partial charge in [-0.3, -0.25) is 9.59 Å². The second kappa shape index (κ2) is 10.1. The quantitative estimate of drug-likeness (QED) is 0.274. The molecule has 0 radical (unpaired) electrons. The van der Waals surface area contributed by atoms with Gasteiger partial charge in [-0.05, 0) is 55.3 Å². The zero-order chi connectivity index (χ0) is 24.6. The molecule has 0 bridgehead atoms. The summed E-state index contributed by atoms with van der Waals surface area (Å²) in [4.78, 5) is 34.3. The van der Waals surface area contributed by atoms with Crippen molar-refractivity contribution < 1.29 is 9.59 Å². The predicted molar refractivity (Wildman–Crippen MR) is 145 cm³/mol. The van der Waals surface area contributed by atoms with E-state index in [1.165, 1.54) is 0 Å². The van der Waals surface area contributed by atoms with E-state index in [9.17, 15) is 9.59 Å². The summed E-state index contributed by atoms with van der Waals surface area (Å²) >= 11 is 6.23. The standard InChI is InChI=1S/C27H27ClN4O2.ClH/c1-15-8-6-7-9-19(15)24(33)30-18-12-20(23-22(14-18)31-26(32-23)27(3,4)5)25(34)29-17-11-10-16(2)21(28)13-17;/h6-14H,1-5H3,(H,29,34)(H,30,33)(H,31,32);1H. The topological polar surface area (TPSA) is 86.9 Å². The van der Waals surface area contributed by atoms with Crippen molar-refractivity contribution in [2.45, 2.75) is 40.0 Å². The first kappa shape index (κ1) is 26.3. The zero-order valence-electron chi connectivity index (χ0n) is 20.2. The summed E-state index contributed by atoms with van der Waals surface area (Å²) in [5.41, 5.74) is 4.74. The lowest BCUT2D eigenvalue weighted by atomic mass is 9.96. The maximum absolute atomic E-state index is 13.3. The molecule has 0 aliphatic heterocycles. The lowest BCUT2D eigenvalue weighted by Gasteiger charge is -2.13. The second-order valence-corrected chi connectivity index (χ2v) is 9.85. The summed E-state index contributed by atoms with van der Waals surface area (Å²) in [6.07, 6.45) is 0. The van der Waals surface area contributed by atoms with E-state index in [4.69, 9.17) is 16.6 Å². The minimum Gasteiger partial charge on any atom is -0.341 e. The Bertz CT molecular complexity index is 1420. The van der Waals surface area contributed by atoms with Crippen LogP contribution in [0.15, 0.2) is 54.6 Å². The van der Waals surface area contributed by atoms with Gasteiger partial charge in [-0.25, -0.2) is 4.98 Å². The van der Waals surface area contributed by atoms with Gasteiger partial charge >= 0.3 is 0 Å². The van der Waals surface area contributed by atoms with Crippen LogP contribution < -0.4 is 10.6 Å². The number of aryl methyl sites for hydroxylation is 2. The normalized spacial score (nSPS) is 11.1. The first-order valence-corrected chi connectivity index (χ1v) is 11.4.